The molecular weight excluding hydrogens is 406 g/mol. The second-order valence-electron chi connectivity index (χ2n) is 8.02. The van der Waals surface area contributed by atoms with Crippen LogP contribution in [-0.4, -0.2) is 62.7 Å². The van der Waals surface area contributed by atoms with Crippen molar-refractivity contribution >= 4 is 6.08 Å². The average Bonchev–Trinajstić information content (AvgIpc) is 3.31. The maximum absolute atomic E-state index is 10.8. The molecule has 3 rings (SSSR count). The summed E-state index contributed by atoms with van der Waals surface area (Å²) in [4.78, 5) is 2.22. The molecule has 1 aliphatic rings. The van der Waals surface area contributed by atoms with Crippen LogP contribution in [0.3, 0.4) is 0 Å². The maximum Gasteiger partial charge on any atom is 0.161 e. The number of hydrogen-bond donors (Lipinski definition) is 1. The van der Waals surface area contributed by atoms with Gasteiger partial charge in [-0.1, -0.05) is 36.4 Å². The van der Waals surface area contributed by atoms with Gasteiger partial charge in [-0.05, 0) is 43.5 Å². The predicted molar refractivity (Wildman–Crippen MR) is 126 cm³/mol. The molecular formula is C26H35NO5. The second kappa shape index (κ2) is 12.5. The van der Waals surface area contributed by atoms with Gasteiger partial charge in [0.25, 0.3) is 0 Å². The van der Waals surface area contributed by atoms with Crippen LogP contribution in [0.25, 0.3) is 6.08 Å². The summed E-state index contributed by atoms with van der Waals surface area (Å²) in [5.74, 6) is 2.12. The van der Waals surface area contributed by atoms with E-state index < -0.39 is 6.10 Å². The molecule has 0 spiro atoms. The summed E-state index contributed by atoms with van der Waals surface area (Å²) in [6.07, 6.45) is 5.64. The van der Waals surface area contributed by atoms with E-state index in [0.717, 1.165) is 42.9 Å². The minimum Gasteiger partial charge on any atom is -0.496 e. The maximum atomic E-state index is 10.8. The number of nitrogens with zero attached hydrogens (tertiary/aromatic N) is 1. The van der Waals surface area contributed by atoms with E-state index in [4.69, 9.17) is 18.9 Å². The van der Waals surface area contributed by atoms with Gasteiger partial charge >= 0.3 is 0 Å². The highest BCUT2D eigenvalue weighted by Gasteiger charge is 2.22. The molecule has 1 aliphatic heterocycles. The van der Waals surface area contributed by atoms with Gasteiger partial charge in [0, 0.05) is 31.8 Å². The van der Waals surface area contributed by atoms with Crippen LogP contribution in [0.5, 0.6) is 17.2 Å². The largest absolute Gasteiger partial charge is 0.496 e. The van der Waals surface area contributed by atoms with E-state index in [-0.39, 0.29) is 12.7 Å². The Bertz CT molecular complexity index is 863. The summed E-state index contributed by atoms with van der Waals surface area (Å²) < 4.78 is 22.7. The van der Waals surface area contributed by atoms with Crippen LogP contribution >= 0.6 is 0 Å². The van der Waals surface area contributed by atoms with E-state index in [0.29, 0.717) is 24.6 Å². The van der Waals surface area contributed by atoms with Crippen molar-refractivity contribution in [2.75, 3.05) is 40.5 Å². The van der Waals surface area contributed by atoms with Gasteiger partial charge in [-0.15, -0.1) is 0 Å². The molecule has 1 N–H and O–H groups in total. The molecule has 6 heteroatoms. The monoisotopic (exact) mass is 441 g/mol. The van der Waals surface area contributed by atoms with Crippen LogP contribution in [-0.2, 0) is 11.3 Å². The Balaban J connectivity index is 1.63. The van der Waals surface area contributed by atoms with Crippen molar-refractivity contribution in [3.8, 4) is 17.2 Å². The summed E-state index contributed by atoms with van der Waals surface area (Å²) in [6, 6.07) is 13.8. The Morgan fingerprint density at radius 3 is 2.66 bits per heavy atom. The first-order valence-electron chi connectivity index (χ1n) is 11.2. The first kappa shape index (κ1) is 24.1. The molecule has 2 unspecified atom stereocenters. The molecule has 0 saturated carbocycles. The minimum absolute atomic E-state index is 0.174. The molecule has 0 aromatic heterocycles. The number of rotatable bonds is 12. The van der Waals surface area contributed by atoms with Gasteiger partial charge in [-0.2, -0.15) is 0 Å². The molecule has 174 valence electrons. The smallest absolute Gasteiger partial charge is 0.161 e. The first-order chi connectivity index (χ1) is 15.6. The minimum atomic E-state index is -0.661. The molecule has 0 bridgehead atoms. The van der Waals surface area contributed by atoms with Gasteiger partial charge in [0.15, 0.2) is 11.5 Å². The van der Waals surface area contributed by atoms with E-state index in [1.165, 1.54) is 0 Å². The lowest BCUT2D eigenvalue weighted by atomic mass is 10.1. The lowest BCUT2D eigenvalue weighted by molar-refractivity contribution is 0.0307. The van der Waals surface area contributed by atoms with Crippen molar-refractivity contribution in [2.45, 2.75) is 38.5 Å². The number of aliphatic hydroxyl groups excluding tert-OH is 1. The molecule has 0 amide bonds. The molecule has 0 aliphatic carbocycles. The zero-order chi connectivity index (χ0) is 22.8. The van der Waals surface area contributed by atoms with Crippen molar-refractivity contribution in [3.63, 3.8) is 0 Å². The number of benzene rings is 2. The third-order valence-corrected chi connectivity index (χ3v) is 5.52. The van der Waals surface area contributed by atoms with Crippen molar-refractivity contribution in [2.24, 2.45) is 0 Å². The van der Waals surface area contributed by atoms with Crippen LogP contribution in [0.15, 0.2) is 48.5 Å². The number of allylic oxidation sites excluding steroid dienone is 1. The molecule has 2 aromatic rings. The van der Waals surface area contributed by atoms with E-state index in [1.807, 2.05) is 55.5 Å². The Morgan fingerprint density at radius 1 is 1.12 bits per heavy atom. The highest BCUT2D eigenvalue weighted by molar-refractivity contribution is 5.55. The van der Waals surface area contributed by atoms with E-state index in [1.54, 1.807) is 14.2 Å². The zero-order valence-electron chi connectivity index (χ0n) is 19.3. The van der Waals surface area contributed by atoms with E-state index in [2.05, 4.69) is 11.0 Å². The van der Waals surface area contributed by atoms with Gasteiger partial charge in [-0.25, -0.2) is 0 Å². The third-order valence-electron chi connectivity index (χ3n) is 5.52. The summed E-state index contributed by atoms with van der Waals surface area (Å²) in [5, 5.41) is 10.8. The molecule has 0 radical (unpaired) electrons. The quantitative estimate of drug-likeness (QED) is 0.534. The Hall–Kier alpha value is -2.54. The second-order valence-corrected chi connectivity index (χ2v) is 8.02. The predicted octanol–water partition coefficient (Wildman–Crippen LogP) is 4.16. The number of aliphatic hydroxyl groups is 1. The molecule has 2 aromatic carbocycles. The Labute approximate surface area is 191 Å². The van der Waals surface area contributed by atoms with Gasteiger partial charge < -0.3 is 24.1 Å². The van der Waals surface area contributed by atoms with E-state index in [9.17, 15) is 5.11 Å². The fraction of sp³-hybridized carbons (Fsp3) is 0.462. The summed E-state index contributed by atoms with van der Waals surface area (Å²) in [7, 11) is 3.30. The lowest BCUT2D eigenvalue weighted by Gasteiger charge is -2.28. The first-order valence-corrected chi connectivity index (χ1v) is 11.2. The third kappa shape index (κ3) is 6.99. The highest BCUT2D eigenvalue weighted by Crippen LogP contribution is 2.29. The van der Waals surface area contributed by atoms with Gasteiger partial charge in [0.05, 0.1) is 20.3 Å². The topological polar surface area (TPSA) is 60.4 Å². The number of methoxy groups -OCH3 is 2. The molecule has 32 heavy (non-hydrogen) atoms. The van der Waals surface area contributed by atoms with Crippen LogP contribution < -0.4 is 14.2 Å². The van der Waals surface area contributed by atoms with Gasteiger partial charge in [-0.3, -0.25) is 4.90 Å². The van der Waals surface area contributed by atoms with Crippen LogP contribution in [0.1, 0.15) is 30.9 Å². The van der Waals surface area contributed by atoms with Crippen LogP contribution in [0, 0.1) is 0 Å². The van der Waals surface area contributed by atoms with Gasteiger partial charge in [0.1, 0.15) is 18.5 Å². The molecule has 1 heterocycles. The standard InChI is InChI=1S/C26H35NO5/c1-4-8-20-12-13-25(26(15-20)30-3)32-19-22(28)17-27(18-23-10-7-14-31-23)16-21-9-5-6-11-24(21)29-2/h4-6,8-9,11-13,15,22-23,28H,7,10,14,16-19H2,1-3H3. The average molecular weight is 442 g/mol. The van der Waals surface area contributed by atoms with Crippen molar-refractivity contribution in [1.29, 1.82) is 0 Å². The molecule has 1 fully saturated rings. The summed E-state index contributed by atoms with van der Waals surface area (Å²) >= 11 is 0. The van der Waals surface area contributed by atoms with Crippen LogP contribution in [0.4, 0.5) is 0 Å². The normalized spacial score (nSPS) is 17.1. The number of hydrogen-bond acceptors (Lipinski definition) is 6. The Kier molecular flexibility index (Phi) is 9.41. The highest BCUT2D eigenvalue weighted by atomic mass is 16.5. The zero-order valence-corrected chi connectivity index (χ0v) is 19.3. The molecule has 2 atom stereocenters. The lowest BCUT2D eigenvalue weighted by Crippen LogP contribution is -2.39. The summed E-state index contributed by atoms with van der Waals surface area (Å²) in [5.41, 5.74) is 2.12. The van der Waals surface area contributed by atoms with Crippen molar-refractivity contribution in [1.82, 2.24) is 4.90 Å². The number of ether oxygens (including phenoxy) is 4. The SMILES string of the molecule is CC=Cc1ccc(OCC(O)CN(Cc2ccccc2OC)CC2CCCO2)c(OC)c1. The fourth-order valence-corrected chi connectivity index (χ4v) is 3.99. The van der Waals surface area contributed by atoms with Crippen molar-refractivity contribution in [3.05, 3.63) is 59.7 Å². The molecule has 6 nitrogen and oxygen atoms in total. The fourth-order valence-electron chi connectivity index (χ4n) is 3.99. The summed E-state index contributed by atoms with van der Waals surface area (Å²) in [6.45, 7) is 4.85. The van der Waals surface area contributed by atoms with Gasteiger partial charge in [0.2, 0.25) is 0 Å². The Morgan fingerprint density at radius 2 is 1.94 bits per heavy atom. The van der Waals surface area contributed by atoms with Crippen molar-refractivity contribution < 1.29 is 24.1 Å². The van der Waals surface area contributed by atoms with E-state index >= 15 is 0 Å². The van der Waals surface area contributed by atoms with Crippen LogP contribution in [0.2, 0.25) is 0 Å². The molecule has 1 saturated heterocycles. The number of para-hydroxylation sites is 1.